The Kier molecular flexibility index (Phi) is 7.79. The van der Waals surface area contributed by atoms with Crippen LogP contribution in [0.5, 0.6) is 0 Å². The van der Waals surface area contributed by atoms with Crippen LogP contribution in [0, 0.1) is 5.41 Å². The van der Waals surface area contributed by atoms with Gasteiger partial charge in [0.25, 0.3) is 0 Å². The molecule has 1 N–H and O–H groups in total. The van der Waals surface area contributed by atoms with Gasteiger partial charge in [-0.15, -0.1) is 35.3 Å². The monoisotopic (exact) mass is 471 g/mol. The summed E-state index contributed by atoms with van der Waals surface area (Å²) >= 11 is 1.76. The number of rotatable bonds is 7. The van der Waals surface area contributed by atoms with E-state index in [1.54, 1.807) is 18.4 Å². The molecule has 0 spiro atoms. The molecule has 1 saturated carbocycles. The fourth-order valence-electron chi connectivity index (χ4n) is 2.60. The molecule has 1 aromatic heterocycles. The molecule has 0 radical (unpaired) electrons. The van der Waals surface area contributed by atoms with Crippen molar-refractivity contribution in [2.45, 2.75) is 19.3 Å². The zero-order valence-corrected chi connectivity index (χ0v) is 17.9. The lowest BCUT2D eigenvalue weighted by Crippen LogP contribution is -2.43. The molecule has 1 aromatic rings. The minimum atomic E-state index is -2.93. The van der Waals surface area contributed by atoms with E-state index in [0.29, 0.717) is 6.54 Å². The van der Waals surface area contributed by atoms with Crippen LogP contribution in [0.3, 0.4) is 0 Å². The SMILES string of the molecule is CN=C(NCC1(CS(C)(=O)=O)CC1)N(C)CCc1cccs1.I. The molecule has 0 saturated heterocycles. The van der Waals surface area contributed by atoms with E-state index < -0.39 is 9.84 Å². The van der Waals surface area contributed by atoms with Crippen LogP contribution in [0.2, 0.25) is 0 Å². The molecular formula is C15H26IN3O2S2. The molecule has 0 aromatic carbocycles. The molecule has 0 unspecified atom stereocenters. The highest BCUT2D eigenvalue weighted by Crippen LogP contribution is 2.46. The number of sulfone groups is 1. The highest BCUT2D eigenvalue weighted by atomic mass is 127. The molecule has 0 aliphatic heterocycles. The van der Waals surface area contributed by atoms with E-state index >= 15 is 0 Å². The minimum Gasteiger partial charge on any atom is -0.356 e. The topological polar surface area (TPSA) is 61.8 Å². The Morgan fingerprint density at radius 1 is 1.48 bits per heavy atom. The Bertz CT molecular complexity index is 611. The molecule has 8 heteroatoms. The van der Waals surface area contributed by atoms with Crippen LogP contribution >= 0.6 is 35.3 Å². The Morgan fingerprint density at radius 3 is 2.65 bits per heavy atom. The Hall–Kier alpha value is -0.350. The third kappa shape index (κ3) is 6.96. The average Bonchev–Trinajstić information content (AvgIpc) is 2.99. The lowest BCUT2D eigenvalue weighted by Gasteiger charge is -2.24. The van der Waals surface area contributed by atoms with Gasteiger partial charge in [0.2, 0.25) is 0 Å². The molecule has 1 heterocycles. The third-order valence-electron chi connectivity index (χ3n) is 3.99. The summed E-state index contributed by atoms with van der Waals surface area (Å²) in [4.78, 5) is 7.75. The van der Waals surface area contributed by atoms with E-state index in [0.717, 1.165) is 31.8 Å². The number of nitrogens with zero attached hydrogens (tertiary/aromatic N) is 2. The van der Waals surface area contributed by atoms with E-state index in [4.69, 9.17) is 0 Å². The number of aliphatic imine (C=N–C) groups is 1. The summed E-state index contributed by atoms with van der Waals surface area (Å²) in [5.74, 6) is 1.10. The molecule has 1 fully saturated rings. The zero-order chi connectivity index (χ0) is 16.2. The van der Waals surface area contributed by atoms with Crippen LogP contribution in [-0.4, -0.2) is 58.5 Å². The summed E-state index contributed by atoms with van der Waals surface area (Å²) in [6.07, 6.45) is 4.25. The summed E-state index contributed by atoms with van der Waals surface area (Å²) < 4.78 is 23.0. The largest absolute Gasteiger partial charge is 0.356 e. The molecule has 0 amide bonds. The summed E-state index contributed by atoms with van der Waals surface area (Å²) in [6, 6.07) is 4.20. The lowest BCUT2D eigenvalue weighted by atomic mass is 10.1. The summed E-state index contributed by atoms with van der Waals surface area (Å²) in [5, 5.41) is 5.43. The second-order valence-electron chi connectivity index (χ2n) is 6.22. The quantitative estimate of drug-likeness (QED) is 0.377. The van der Waals surface area contributed by atoms with Gasteiger partial charge >= 0.3 is 0 Å². The van der Waals surface area contributed by atoms with Gasteiger partial charge in [-0.25, -0.2) is 8.42 Å². The van der Waals surface area contributed by atoms with Crippen LogP contribution in [0.15, 0.2) is 22.5 Å². The predicted octanol–water partition coefficient (Wildman–Crippen LogP) is 2.24. The number of nitrogens with one attached hydrogen (secondary N) is 1. The number of hydrogen-bond acceptors (Lipinski definition) is 4. The van der Waals surface area contributed by atoms with E-state index in [-0.39, 0.29) is 35.1 Å². The fourth-order valence-corrected chi connectivity index (χ4v) is 4.80. The van der Waals surface area contributed by atoms with Crippen molar-refractivity contribution in [1.29, 1.82) is 0 Å². The normalized spacial score (nSPS) is 16.6. The standard InChI is InChI=1S/C15H25N3O2S2.HI/c1-16-14(18(2)9-6-13-5-4-10-21-13)17-11-15(7-8-15)12-22(3,19)20;/h4-5,10H,6-9,11-12H2,1-3H3,(H,16,17);1H. The van der Waals surface area contributed by atoms with Gasteiger partial charge in [0.05, 0.1) is 5.75 Å². The molecular weight excluding hydrogens is 445 g/mol. The van der Waals surface area contributed by atoms with Gasteiger partial charge in [-0.2, -0.15) is 0 Å². The highest BCUT2D eigenvalue weighted by Gasteiger charge is 2.45. The number of thiophene rings is 1. The van der Waals surface area contributed by atoms with E-state index in [1.807, 2.05) is 7.05 Å². The second-order valence-corrected chi connectivity index (χ2v) is 9.39. The Balaban J connectivity index is 0.00000264. The number of hydrogen-bond donors (Lipinski definition) is 1. The maximum Gasteiger partial charge on any atom is 0.193 e. The molecule has 0 bridgehead atoms. The van der Waals surface area contributed by atoms with Gasteiger partial charge in [-0.3, -0.25) is 4.99 Å². The van der Waals surface area contributed by atoms with Crippen molar-refractivity contribution in [2.24, 2.45) is 10.4 Å². The highest BCUT2D eigenvalue weighted by molar-refractivity contribution is 14.0. The van der Waals surface area contributed by atoms with Crippen LogP contribution in [0.4, 0.5) is 0 Å². The average molecular weight is 471 g/mol. The first-order valence-corrected chi connectivity index (χ1v) is 10.4. The van der Waals surface area contributed by atoms with Crippen LogP contribution in [-0.2, 0) is 16.3 Å². The molecule has 132 valence electrons. The van der Waals surface area contributed by atoms with Crippen molar-refractivity contribution >= 4 is 51.1 Å². The van der Waals surface area contributed by atoms with Crippen LogP contribution in [0.25, 0.3) is 0 Å². The smallest absolute Gasteiger partial charge is 0.193 e. The first-order valence-electron chi connectivity index (χ1n) is 7.45. The molecule has 23 heavy (non-hydrogen) atoms. The molecule has 0 atom stereocenters. The van der Waals surface area contributed by atoms with Crippen molar-refractivity contribution in [3.05, 3.63) is 22.4 Å². The molecule has 1 aliphatic carbocycles. The maximum atomic E-state index is 11.5. The lowest BCUT2D eigenvalue weighted by molar-refractivity contribution is 0.464. The van der Waals surface area contributed by atoms with Crippen LogP contribution in [0.1, 0.15) is 17.7 Å². The summed E-state index contributed by atoms with van der Waals surface area (Å²) in [7, 11) is 0.851. The number of guanidine groups is 1. The molecule has 2 rings (SSSR count). The van der Waals surface area contributed by atoms with E-state index in [2.05, 4.69) is 32.7 Å². The summed E-state index contributed by atoms with van der Waals surface area (Å²) in [5.41, 5.74) is -0.0852. The van der Waals surface area contributed by atoms with Gasteiger partial charge in [0.1, 0.15) is 9.84 Å². The zero-order valence-electron chi connectivity index (χ0n) is 13.9. The van der Waals surface area contributed by atoms with Gasteiger partial charge in [0, 0.05) is 43.7 Å². The minimum absolute atomic E-state index is 0. The van der Waals surface area contributed by atoms with Crippen molar-refractivity contribution < 1.29 is 8.42 Å². The fraction of sp³-hybridized carbons (Fsp3) is 0.667. The maximum absolute atomic E-state index is 11.5. The van der Waals surface area contributed by atoms with Gasteiger partial charge < -0.3 is 10.2 Å². The first-order chi connectivity index (χ1) is 10.3. The van der Waals surface area contributed by atoms with E-state index in [9.17, 15) is 8.42 Å². The first kappa shape index (κ1) is 20.7. The second kappa shape index (κ2) is 8.66. The van der Waals surface area contributed by atoms with Crippen molar-refractivity contribution in [3.63, 3.8) is 0 Å². The van der Waals surface area contributed by atoms with Gasteiger partial charge in [0.15, 0.2) is 5.96 Å². The number of likely N-dealkylation sites (N-methyl/N-ethyl adjacent to an activating group) is 1. The van der Waals surface area contributed by atoms with Crippen molar-refractivity contribution in [2.75, 3.05) is 39.2 Å². The van der Waals surface area contributed by atoms with E-state index in [1.165, 1.54) is 11.1 Å². The van der Waals surface area contributed by atoms with Gasteiger partial charge in [-0.05, 0) is 30.7 Å². The van der Waals surface area contributed by atoms with Crippen molar-refractivity contribution in [3.8, 4) is 0 Å². The Morgan fingerprint density at radius 2 is 2.17 bits per heavy atom. The van der Waals surface area contributed by atoms with Crippen molar-refractivity contribution in [1.82, 2.24) is 10.2 Å². The Labute approximate surface area is 160 Å². The predicted molar refractivity (Wildman–Crippen MR) is 109 cm³/mol. The molecule has 5 nitrogen and oxygen atoms in total. The number of halogens is 1. The summed E-state index contributed by atoms with van der Waals surface area (Å²) in [6.45, 7) is 1.56. The van der Waals surface area contributed by atoms with Crippen LogP contribution < -0.4 is 5.32 Å². The molecule has 1 aliphatic rings. The third-order valence-corrected chi connectivity index (χ3v) is 6.07. The van der Waals surface area contributed by atoms with Gasteiger partial charge in [-0.1, -0.05) is 6.07 Å².